The van der Waals surface area contributed by atoms with E-state index >= 15 is 0 Å². The van der Waals surface area contributed by atoms with E-state index in [2.05, 4.69) is 212 Å². The van der Waals surface area contributed by atoms with Gasteiger partial charge in [0.15, 0.2) is 0 Å². The summed E-state index contributed by atoms with van der Waals surface area (Å²) in [5.74, 6) is 2.88. The van der Waals surface area contributed by atoms with Crippen molar-refractivity contribution in [2.45, 2.75) is 25.9 Å². The Morgan fingerprint density at radius 3 is 0.894 bits per heavy atom. The van der Waals surface area contributed by atoms with Crippen LogP contribution in [0.5, 0.6) is 0 Å². The first-order valence-corrected chi connectivity index (χ1v) is 18.7. The van der Waals surface area contributed by atoms with E-state index in [1.165, 1.54) is 44.4 Å². The standard InChI is InChI=1S/2C21H23NP.Fe/c2*1-17(22(2)3)20-15-10-16-21(20)23(18-11-6-4-7-12-18)19-13-8-5-9-14-19;/h2*4-17H,1-3H3;/t2*17-;/m10./s1. The van der Waals surface area contributed by atoms with Gasteiger partial charge in [-0.3, -0.25) is 0 Å². The molecule has 6 rings (SSSR count). The molecule has 0 amide bonds. The van der Waals surface area contributed by atoms with Crippen LogP contribution in [0.15, 0.2) is 121 Å². The molecule has 2 aliphatic carbocycles. The van der Waals surface area contributed by atoms with Crippen LogP contribution in [0.4, 0.5) is 0 Å². The van der Waals surface area contributed by atoms with Gasteiger partial charge in [0.25, 0.3) is 0 Å². The second kappa shape index (κ2) is 18.8. The van der Waals surface area contributed by atoms with E-state index in [1.54, 1.807) is 0 Å². The van der Waals surface area contributed by atoms with Crippen LogP contribution in [0.2, 0.25) is 0 Å². The Labute approximate surface area is 299 Å². The Morgan fingerprint density at radius 2 is 0.660 bits per heavy atom. The molecule has 0 N–H and O–H groups in total. The monoisotopic (exact) mass is 696 g/mol. The third kappa shape index (κ3) is 9.67. The summed E-state index contributed by atoms with van der Waals surface area (Å²) < 4.78 is 0. The van der Waals surface area contributed by atoms with Gasteiger partial charge in [-0.1, -0.05) is 121 Å². The number of hydrogen-bond acceptors (Lipinski definition) is 2. The molecule has 0 aromatic heterocycles. The molecule has 0 heterocycles. The van der Waals surface area contributed by atoms with Crippen molar-refractivity contribution in [3.8, 4) is 0 Å². The Balaban J connectivity index is 0.000000208. The molecular weight excluding hydrogens is 650 g/mol. The second-order valence-corrected chi connectivity index (χ2v) is 16.4. The fraction of sp³-hybridized carbons (Fsp3) is 0.190. The maximum atomic E-state index is 2.31. The molecule has 0 saturated heterocycles. The quantitative estimate of drug-likeness (QED) is 0.125. The average Bonchev–Trinajstić information content (AvgIpc) is 3.77. The van der Waals surface area contributed by atoms with Crippen LogP contribution in [0.1, 0.15) is 13.8 Å². The molecule has 2 aliphatic rings. The van der Waals surface area contributed by atoms with Gasteiger partial charge in [-0.25, -0.2) is 0 Å². The smallest absolute Gasteiger partial charge is 0.0211 e. The molecule has 242 valence electrons. The van der Waals surface area contributed by atoms with Crippen molar-refractivity contribution in [1.82, 2.24) is 9.80 Å². The van der Waals surface area contributed by atoms with Crippen molar-refractivity contribution in [2.75, 3.05) is 28.2 Å². The second-order valence-electron chi connectivity index (χ2n) is 12.0. The first-order chi connectivity index (χ1) is 22.4. The van der Waals surface area contributed by atoms with Crippen molar-refractivity contribution < 1.29 is 17.1 Å². The molecule has 2 nitrogen and oxygen atoms in total. The summed E-state index contributed by atoms with van der Waals surface area (Å²) in [4.78, 5) is 4.56. The van der Waals surface area contributed by atoms with Gasteiger partial charge in [0.1, 0.15) is 0 Å². The number of hydrogen-bond donors (Lipinski definition) is 0. The Hall–Kier alpha value is -1.82. The Kier molecular flexibility index (Phi) is 15.2. The number of benzene rings is 4. The third-order valence-corrected chi connectivity index (χ3v) is 13.7. The van der Waals surface area contributed by atoms with Crippen LogP contribution in [-0.2, 0) is 17.1 Å². The van der Waals surface area contributed by atoms with Gasteiger partial charge < -0.3 is 9.80 Å². The molecule has 2 atom stereocenters. The SMILES string of the molecule is C[C@@H]([C]1[CH][CH][CH][C]1P(c1ccccc1)c1ccccc1)N(C)C.C[C@H]([C]1[CH][CH][CH][C]1P(c1ccccc1)c1ccccc1)N(C)C.[Fe]. The van der Waals surface area contributed by atoms with Crippen LogP contribution in [0.25, 0.3) is 0 Å². The zero-order valence-electron chi connectivity index (χ0n) is 28.3. The molecule has 0 bridgehead atoms. The van der Waals surface area contributed by atoms with E-state index in [0.29, 0.717) is 12.1 Å². The minimum Gasteiger partial charge on any atom is -0.306 e. The molecule has 0 spiro atoms. The topological polar surface area (TPSA) is 6.48 Å². The van der Waals surface area contributed by atoms with Gasteiger partial charge in [-0.05, 0) is 118 Å². The maximum absolute atomic E-state index is 2.31. The molecule has 0 aliphatic heterocycles. The van der Waals surface area contributed by atoms with Crippen LogP contribution in [-0.4, -0.2) is 50.1 Å². The molecule has 2 saturated carbocycles. The molecule has 2 fully saturated rings. The molecule has 0 unspecified atom stereocenters. The van der Waals surface area contributed by atoms with Crippen molar-refractivity contribution in [1.29, 1.82) is 0 Å². The molecule has 4 aromatic rings. The minimum atomic E-state index is -0.514. The summed E-state index contributed by atoms with van der Waals surface area (Å²) in [5, 5.41) is 5.64. The van der Waals surface area contributed by atoms with E-state index in [1.807, 2.05) is 0 Å². The maximum Gasteiger partial charge on any atom is 0.0211 e. The zero-order valence-corrected chi connectivity index (χ0v) is 31.2. The summed E-state index contributed by atoms with van der Waals surface area (Å²) in [7, 11) is 7.56. The van der Waals surface area contributed by atoms with Crippen LogP contribution < -0.4 is 21.2 Å². The van der Waals surface area contributed by atoms with Crippen molar-refractivity contribution >= 4 is 37.1 Å². The zero-order chi connectivity index (χ0) is 32.5. The normalized spacial score (nSPS) is 17.6. The summed E-state index contributed by atoms with van der Waals surface area (Å²) in [5.41, 5.74) is 2.94. The fourth-order valence-corrected chi connectivity index (χ4v) is 10.8. The van der Waals surface area contributed by atoms with E-state index in [0.717, 1.165) is 0 Å². The van der Waals surface area contributed by atoms with Crippen LogP contribution in [0.3, 0.4) is 0 Å². The van der Waals surface area contributed by atoms with E-state index in [9.17, 15) is 0 Å². The molecule has 10 radical (unpaired) electrons. The molecule has 5 heteroatoms. The first-order valence-electron chi connectivity index (χ1n) is 16.0. The van der Waals surface area contributed by atoms with Gasteiger partial charge in [-0.15, -0.1) is 0 Å². The van der Waals surface area contributed by atoms with Gasteiger partial charge in [0, 0.05) is 52.3 Å². The fourth-order valence-electron chi connectivity index (χ4n) is 5.68. The number of nitrogens with zero attached hydrogens (tertiary/aromatic N) is 2. The average molecular weight is 697 g/mol. The van der Waals surface area contributed by atoms with Crippen LogP contribution in [0, 0.1) is 61.7 Å². The van der Waals surface area contributed by atoms with E-state index in [4.69, 9.17) is 0 Å². The molecular formula is C42H46FeN2P2. The summed E-state index contributed by atoms with van der Waals surface area (Å²) in [6.07, 6.45) is 13.6. The van der Waals surface area contributed by atoms with E-state index in [-0.39, 0.29) is 17.1 Å². The number of rotatable bonds is 10. The van der Waals surface area contributed by atoms with E-state index < -0.39 is 15.8 Å². The predicted molar refractivity (Wildman–Crippen MR) is 203 cm³/mol. The summed E-state index contributed by atoms with van der Waals surface area (Å²) >= 11 is 0. The first kappa shape index (κ1) is 38.0. The van der Waals surface area contributed by atoms with Gasteiger partial charge in [0.05, 0.1) is 0 Å². The molecule has 47 heavy (non-hydrogen) atoms. The van der Waals surface area contributed by atoms with Gasteiger partial charge in [-0.2, -0.15) is 0 Å². The summed E-state index contributed by atoms with van der Waals surface area (Å²) in [6.45, 7) is 4.56. The predicted octanol–water partition coefficient (Wildman–Crippen LogP) is 7.60. The van der Waals surface area contributed by atoms with Crippen molar-refractivity contribution in [3.05, 3.63) is 183 Å². The van der Waals surface area contributed by atoms with Crippen molar-refractivity contribution in [2.24, 2.45) is 0 Å². The van der Waals surface area contributed by atoms with Gasteiger partial charge >= 0.3 is 0 Å². The third-order valence-electron chi connectivity index (χ3n) is 8.64. The Bertz CT molecular complexity index is 1230. The summed E-state index contributed by atoms with van der Waals surface area (Å²) in [6, 6.07) is 44.4. The largest absolute Gasteiger partial charge is 0.306 e. The Morgan fingerprint density at radius 1 is 0.404 bits per heavy atom. The van der Waals surface area contributed by atoms with Crippen LogP contribution >= 0.6 is 15.8 Å². The van der Waals surface area contributed by atoms with Gasteiger partial charge in [0.2, 0.25) is 0 Å². The molecule has 4 aromatic carbocycles. The van der Waals surface area contributed by atoms with Crippen molar-refractivity contribution in [3.63, 3.8) is 0 Å². The minimum absolute atomic E-state index is 0.